The SMILES string of the molecule is OCCCCNCc1ccc(F)cc1Cl. The van der Waals surface area contributed by atoms with E-state index in [0.29, 0.717) is 11.6 Å². The molecule has 0 fully saturated rings. The highest BCUT2D eigenvalue weighted by molar-refractivity contribution is 6.31. The summed E-state index contributed by atoms with van der Waals surface area (Å²) >= 11 is 5.85. The Bertz CT molecular complexity index is 307. The van der Waals surface area contributed by atoms with Crippen molar-refractivity contribution in [3.8, 4) is 0 Å². The highest BCUT2D eigenvalue weighted by atomic mass is 35.5. The fourth-order valence-corrected chi connectivity index (χ4v) is 1.48. The van der Waals surface area contributed by atoms with Gasteiger partial charge in [-0.2, -0.15) is 0 Å². The number of hydrogen-bond donors (Lipinski definition) is 2. The first kappa shape index (κ1) is 12.4. The number of aliphatic hydroxyl groups is 1. The molecule has 1 aromatic rings. The Morgan fingerprint density at radius 1 is 1.33 bits per heavy atom. The third-order valence-corrected chi connectivity index (χ3v) is 2.44. The van der Waals surface area contributed by atoms with E-state index in [0.717, 1.165) is 24.9 Å². The molecule has 0 aliphatic carbocycles. The summed E-state index contributed by atoms with van der Waals surface area (Å²) in [5.41, 5.74) is 0.891. The molecule has 0 heterocycles. The van der Waals surface area contributed by atoms with Crippen LogP contribution >= 0.6 is 11.6 Å². The summed E-state index contributed by atoms with van der Waals surface area (Å²) in [6, 6.07) is 4.39. The Kier molecular flexibility index (Phi) is 5.61. The fourth-order valence-electron chi connectivity index (χ4n) is 1.25. The van der Waals surface area contributed by atoms with Crippen LogP contribution < -0.4 is 5.32 Å². The van der Waals surface area contributed by atoms with Gasteiger partial charge in [-0.25, -0.2) is 4.39 Å². The van der Waals surface area contributed by atoms with Gasteiger partial charge in [0.25, 0.3) is 0 Å². The minimum Gasteiger partial charge on any atom is -0.396 e. The van der Waals surface area contributed by atoms with Gasteiger partial charge in [-0.3, -0.25) is 0 Å². The second kappa shape index (κ2) is 6.77. The maximum atomic E-state index is 12.7. The van der Waals surface area contributed by atoms with Crippen LogP contribution in [0.5, 0.6) is 0 Å². The number of hydrogen-bond acceptors (Lipinski definition) is 2. The van der Waals surface area contributed by atoms with Crippen LogP contribution in [0.3, 0.4) is 0 Å². The van der Waals surface area contributed by atoms with E-state index >= 15 is 0 Å². The molecule has 0 saturated heterocycles. The van der Waals surface area contributed by atoms with Crippen molar-refractivity contribution in [2.45, 2.75) is 19.4 Å². The van der Waals surface area contributed by atoms with Crippen molar-refractivity contribution in [1.82, 2.24) is 5.32 Å². The van der Waals surface area contributed by atoms with Crippen molar-refractivity contribution in [2.24, 2.45) is 0 Å². The van der Waals surface area contributed by atoms with Crippen LogP contribution in [-0.4, -0.2) is 18.3 Å². The number of benzene rings is 1. The quantitative estimate of drug-likeness (QED) is 0.737. The van der Waals surface area contributed by atoms with Gasteiger partial charge in [0.15, 0.2) is 0 Å². The Hall–Kier alpha value is -0.640. The van der Waals surface area contributed by atoms with Crippen molar-refractivity contribution < 1.29 is 9.50 Å². The van der Waals surface area contributed by atoms with Crippen LogP contribution in [0.25, 0.3) is 0 Å². The second-order valence-electron chi connectivity index (χ2n) is 3.34. The predicted molar refractivity (Wildman–Crippen MR) is 59.4 cm³/mol. The number of halogens is 2. The molecule has 15 heavy (non-hydrogen) atoms. The highest BCUT2D eigenvalue weighted by Crippen LogP contribution is 2.16. The Morgan fingerprint density at radius 2 is 2.13 bits per heavy atom. The van der Waals surface area contributed by atoms with E-state index in [1.165, 1.54) is 12.1 Å². The lowest BCUT2D eigenvalue weighted by Crippen LogP contribution is -2.15. The number of unbranched alkanes of at least 4 members (excludes halogenated alkanes) is 1. The maximum absolute atomic E-state index is 12.7. The fraction of sp³-hybridized carbons (Fsp3) is 0.455. The smallest absolute Gasteiger partial charge is 0.124 e. The molecule has 0 radical (unpaired) electrons. The molecule has 0 bridgehead atoms. The van der Waals surface area contributed by atoms with Crippen LogP contribution in [0.15, 0.2) is 18.2 Å². The Labute approximate surface area is 94.1 Å². The van der Waals surface area contributed by atoms with E-state index in [4.69, 9.17) is 16.7 Å². The minimum absolute atomic E-state index is 0.221. The average Bonchev–Trinajstić information content (AvgIpc) is 2.20. The summed E-state index contributed by atoms with van der Waals surface area (Å²) in [6.45, 7) is 1.68. The van der Waals surface area contributed by atoms with Gasteiger partial charge in [0.05, 0.1) is 0 Å². The summed E-state index contributed by atoms with van der Waals surface area (Å²) in [5.74, 6) is -0.316. The van der Waals surface area contributed by atoms with Crippen LogP contribution in [0.2, 0.25) is 5.02 Å². The Morgan fingerprint density at radius 3 is 2.80 bits per heavy atom. The number of rotatable bonds is 6. The molecule has 0 spiro atoms. The molecular weight excluding hydrogens is 217 g/mol. The Balaban J connectivity index is 2.31. The van der Waals surface area contributed by atoms with Crippen LogP contribution in [0.1, 0.15) is 18.4 Å². The molecule has 0 saturated carbocycles. The van der Waals surface area contributed by atoms with Gasteiger partial charge in [0.1, 0.15) is 5.82 Å². The molecule has 0 aliphatic heterocycles. The summed E-state index contributed by atoms with van der Waals surface area (Å²) in [4.78, 5) is 0. The molecule has 1 rings (SSSR count). The van der Waals surface area contributed by atoms with Gasteiger partial charge in [0.2, 0.25) is 0 Å². The molecular formula is C11H15ClFNO. The van der Waals surface area contributed by atoms with Crippen LogP contribution in [0, 0.1) is 5.82 Å². The van der Waals surface area contributed by atoms with Crippen molar-refractivity contribution in [2.75, 3.05) is 13.2 Å². The zero-order chi connectivity index (χ0) is 11.1. The average molecular weight is 232 g/mol. The van der Waals surface area contributed by atoms with E-state index in [1.807, 2.05) is 0 Å². The third kappa shape index (κ3) is 4.60. The van der Waals surface area contributed by atoms with E-state index in [2.05, 4.69) is 5.32 Å². The van der Waals surface area contributed by atoms with Gasteiger partial charge in [-0.15, -0.1) is 0 Å². The van der Waals surface area contributed by atoms with Crippen LogP contribution in [0.4, 0.5) is 4.39 Å². The molecule has 84 valence electrons. The molecule has 0 atom stereocenters. The largest absolute Gasteiger partial charge is 0.396 e. The van der Waals surface area contributed by atoms with E-state index in [9.17, 15) is 4.39 Å². The lowest BCUT2D eigenvalue weighted by atomic mass is 10.2. The first-order valence-corrected chi connectivity index (χ1v) is 5.37. The van der Waals surface area contributed by atoms with E-state index < -0.39 is 0 Å². The van der Waals surface area contributed by atoms with Crippen molar-refractivity contribution in [3.63, 3.8) is 0 Å². The second-order valence-corrected chi connectivity index (χ2v) is 3.75. The monoisotopic (exact) mass is 231 g/mol. The zero-order valence-electron chi connectivity index (χ0n) is 8.47. The van der Waals surface area contributed by atoms with E-state index in [1.54, 1.807) is 6.07 Å². The predicted octanol–water partition coefficient (Wildman–Crippen LogP) is 2.34. The molecule has 0 aliphatic rings. The topological polar surface area (TPSA) is 32.3 Å². The molecule has 2 N–H and O–H groups in total. The normalized spacial score (nSPS) is 10.6. The lowest BCUT2D eigenvalue weighted by molar-refractivity contribution is 0.283. The van der Waals surface area contributed by atoms with Gasteiger partial charge >= 0.3 is 0 Å². The van der Waals surface area contributed by atoms with Crippen molar-refractivity contribution in [3.05, 3.63) is 34.6 Å². The van der Waals surface area contributed by atoms with E-state index in [-0.39, 0.29) is 12.4 Å². The maximum Gasteiger partial charge on any atom is 0.124 e. The van der Waals surface area contributed by atoms with Gasteiger partial charge in [0, 0.05) is 18.2 Å². The highest BCUT2D eigenvalue weighted by Gasteiger charge is 2.00. The minimum atomic E-state index is -0.316. The van der Waals surface area contributed by atoms with Gasteiger partial charge < -0.3 is 10.4 Å². The molecule has 1 aromatic carbocycles. The first-order chi connectivity index (χ1) is 7.24. The number of aliphatic hydroxyl groups excluding tert-OH is 1. The summed E-state index contributed by atoms with van der Waals surface area (Å²) < 4.78 is 12.7. The van der Waals surface area contributed by atoms with Gasteiger partial charge in [-0.1, -0.05) is 17.7 Å². The third-order valence-electron chi connectivity index (χ3n) is 2.09. The summed E-state index contributed by atoms with van der Waals surface area (Å²) in [7, 11) is 0. The van der Waals surface area contributed by atoms with Crippen LogP contribution in [-0.2, 0) is 6.54 Å². The van der Waals surface area contributed by atoms with Gasteiger partial charge in [-0.05, 0) is 37.1 Å². The number of nitrogens with one attached hydrogen (secondary N) is 1. The standard InChI is InChI=1S/C11H15ClFNO/c12-11-7-10(13)4-3-9(11)8-14-5-1-2-6-15/h3-4,7,14-15H,1-2,5-6,8H2. The molecule has 0 aromatic heterocycles. The lowest BCUT2D eigenvalue weighted by Gasteiger charge is -2.06. The molecule has 0 amide bonds. The first-order valence-electron chi connectivity index (χ1n) is 4.99. The molecule has 2 nitrogen and oxygen atoms in total. The van der Waals surface area contributed by atoms with Crippen molar-refractivity contribution >= 4 is 11.6 Å². The molecule has 4 heteroatoms. The summed E-state index contributed by atoms with van der Waals surface area (Å²) in [5, 5.41) is 12.2. The summed E-state index contributed by atoms with van der Waals surface area (Å²) in [6.07, 6.45) is 1.72. The zero-order valence-corrected chi connectivity index (χ0v) is 9.23. The van der Waals surface area contributed by atoms with Crippen molar-refractivity contribution in [1.29, 1.82) is 0 Å². The molecule has 0 unspecified atom stereocenters.